The lowest BCUT2D eigenvalue weighted by molar-refractivity contribution is 0.0697. The topological polar surface area (TPSA) is 106 Å². The summed E-state index contributed by atoms with van der Waals surface area (Å²) in [5, 5.41) is 12.1. The van der Waals surface area contributed by atoms with Crippen molar-refractivity contribution in [3.63, 3.8) is 0 Å². The summed E-state index contributed by atoms with van der Waals surface area (Å²) in [6.07, 6.45) is 5.68. The van der Waals surface area contributed by atoms with Gasteiger partial charge in [0.25, 0.3) is 0 Å². The number of nitrogens with zero attached hydrogens (tertiary/aromatic N) is 3. The molecule has 0 fully saturated rings. The van der Waals surface area contributed by atoms with Crippen molar-refractivity contribution in [1.29, 1.82) is 0 Å². The minimum atomic E-state index is -1.06. The van der Waals surface area contributed by atoms with Crippen molar-refractivity contribution in [2.75, 3.05) is 17.6 Å². The highest BCUT2D eigenvalue weighted by Gasteiger charge is 2.11. The smallest absolute Gasteiger partial charge is 0.339 e. The van der Waals surface area contributed by atoms with Gasteiger partial charge in [0, 0.05) is 32.4 Å². The summed E-state index contributed by atoms with van der Waals surface area (Å²) in [5.41, 5.74) is 5.92. The van der Waals surface area contributed by atoms with E-state index in [-0.39, 0.29) is 5.56 Å². The molecule has 4 N–H and O–H groups in total. The predicted octanol–water partition coefficient (Wildman–Crippen LogP) is 0.750. The van der Waals surface area contributed by atoms with Gasteiger partial charge >= 0.3 is 5.97 Å². The molecule has 2 aromatic rings. The van der Waals surface area contributed by atoms with Crippen LogP contribution in [0, 0.1) is 0 Å². The van der Waals surface area contributed by atoms with Crippen LogP contribution >= 0.6 is 0 Å². The van der Waals surface area contributed by atoms with E-state index in [2.05, 4.69) is 15.3 Å². The van der Waals surface area contributed by atoms with Crippen LogP contribution in [0.25, 0.3) is 0 Å². The molecule has 0 radical (unpaired) electrons. The standard InChI is InChI=1S/C12H15N5O2/c1-17-5-4-14-10(17)2-3-15-11-9(12(18)19)6-8(13)7-16-11/h4-7H,2-3,13H2,1H3,(H,15,16)(H,18,19). The second-order valence-electron chi connectivity index (χ2n) is 4.10. The summed E-state index contributed by atoms with van der Waals surface area (Å²) in [5.74, 6) is 0.176. The van der Waals surface area contributed by atoms with E-state index in [0.29, 0.717) is 24.5 Å². The fraction of sp³-hybridized carbons (Fsp3) is 0.250. The Labute approximate surface area is 110 Å². The van der Waals surface area contributed by atoms with E-state index in [1.54, 1.807) is 6.20 Å². The Morgan fingerprint density at radius 2 is 2.32 bits per heavy atom. The van der Waals surface area contributed by atoms with Crippen molar-refractivity contribution in [2.24, 2.45) is 7.05 Å². The minimum absolute atomic E-state index is 0.0693. The predicted molar refractivity (Wildman–Crippen MR) is 71.0 cm³/mol. The van der Waals surface area contributed by atoms with Gasteiger partial charge in [-0.1, -0.05) is 0 Å². The summed E-state index contributed by atoms with van der Waals surface area (Å²) in [6, 6.07) is 1.39. The average molecular weight is 261 g/mol. The van der Waals surface area contributed by atoms with Gasteiger partial charge in [0.05, 0.1) is 11.9 Å². The SMILES string of the molecule is Cn1ccnc1CCNc1ncc(N)cc1C(=O)O. The van der Waals surface area contributed by atoms with Crippen LogP contribution in [0.2, 0.25) is 0 Å². The number of carboxylic acids is 1. The number of nitrogen functional groups attached to an aromatic ring is 1. The van der Waals surface area contributed by atoms with Gasteiger partial charge < -0.3 is 20.7 Å². The molecule has 0 spiro atoms. The van der Waals surface area contributed by atoms with Crippen LogP contribution in [0.5, 0.6) is 0 Å². The van der Waals surface area contributed by atoms with Crippen molar-refractivity contribution in [3.05, 3.63) is 36.0 Å². The van der Waals surface area contributed by atoms with Gasteiger partial charge in [-0.05, 0) is 6.07 Å². The molecule has 19 heavy (non-hydrogen) atoms. The summed E-state index contributed by atoms with van der Waals surface area (Å²) < 4.78 is 1.91. The van der Waals surface area contributed by atoms with Gasteiger partial charge in [0.2, 0.25) is 0 Å². The molecule has 7 heteroatoms. The van der Waals surface area contributed by atoms with Gasteiger partial charge in [-0.25, -0.2) is 14.8 Å². The third kappa shape index (κ3) is 3.01. The Balaban J connectivity index is 2.03. The van der Waals surface area contributed by atoms with E-state index >= 15 is 0 Å². The largest absolute Gasteiger partial charge is 0.478 e. The van der Waals surface area contributed by atoms with Crippen molar-refractivity contribution in [2.45, 2.75) is 6.42 Å². The highest BCUT2D eigenvalue weighted by molar-refractivity contribution is 5.94. The first-order chi connectivity index (χ1) is 9.08. The number of nitrogens with two attached hydrogens (primary N) is 1. The quantitative estimate of drug-likeness (QED) is 0.733. The fourth-order valence-electron chi connectivity index (χ4n) is 1.71. The van der Waals surface area contributed by atoms with Crippen LogP contribution in [0.1, 0.15) is 16.2 Å². The van der Waals surface area contributed by atoms with Crippen molar-refractivity contribution in [1.82, 2.24) is 14.5 Å². The number of imidazole rings is 1. The molecular formula is C12H15N5O2. The monoisotopic (exact) mass is 261 g/mol. The number of carboxylic acid groups (broad SMARTS) is 1. The zero-order valence-corrected chi connectivity index (χ0v) is 10.5. The van der Waals surface area contributed by atoms with Gasteiger partial charge in [-0.15, -0.1) is 0 Å². The molecule has 0 amide bonds. The van der Waals surface area contributed by atoms with Gasteiger partial charge in [0.1, 0.15) is 17.2 Å². The van der Waals surface area contributed by atoms with Gasteiger partial charge in [0.15, 0.2) is 0 Å². The Kier molecular flexibility index (Phi) is 3.65. The summed E-state index contributed by atoms with van der Waals surface area (Å²) in [7, 11) is 1.91. The highest BCUT2D eigenvalue weighted by Crippen LogP contribution is 2.15. The Morgan fingerprint density at radius 3 is 2.95 bits per heavy atom. The molecule has 0 aromatic carbocycles. The van der Waals surface area contributed by atoms with Gasteiger partial charge in [-0.3, -0.25) is 0 Å². The molecule has 0 aliphatic rings. The first kappa shape index (κ1) is 12.9. The molecule has 2 rings (SSSR count). The van der Waals surface area contributed by atoms with E-state index in [1.165, 1.54) is 12.3 Å². The molecule has 7 nitrogen and oxygen atoms in total. The number of rotatable bonds is 5. The minimum Gasteiger partial charge on any atom is -0.478 e. The second-order valence-corrected chi connectivity index (χ2v) is 4.10. The van der Waals surface area contributed by atoms with Crippen molar-refractivity contribution < 1.29 is 9.90 Å². The molecule has 2 heterocycles. The first-order valence-electron chi connectivity index (χ1n) is 5.77. The normalized spacial score (nSPS) is 10.4. The summed E-state index contributed by atoms with van der Waals surface area (Å²) >= 11 is 0. The molecule has 0 atom stereocenters. The third-order valence-electron chi connectivity index (χ3n) is 2.70. The highest BCUT2D eigenvalue weighted by atomic mass is 16.4. The van der Waals surface area contributed by atoms with E-state index in [0.717, 1.165) is 5.82 Å². The maximum absolute atomic E-state index is 11.1. The number of aromatic nitrogens is 3. The number of carbonyl (C=O) groups is 1. The lowest BCUT2D eigenvalue weighted by atomic mass is 10.2. The van der Waals surface area contributed by atoms with Gasteiger partial charge in [-0.2, -0.15) is 0 Å². The summed E-state index contributed by atoms with van der Waals surface area (Å²) in [4.78, 5) is 19.2. The third-order valence-corrected chi connectivity index (χ3v) is 2.70. The van der Waals surface area contributed by atoms with E-state index in [1.807, 2.05) is 17.8 Å². The molecule has 0 saturated heterocycles. The molecule has 2 aromatic heterocycles. The number of aromatic carboxylic acids is 1. The number of aryl methyl sites for hydroxylation is 1. The lowest BCUT2D eigenvalue weighted by Crippen LogP contribution is -2.13. The zero-order chi connectivity index (χ0) is 13.8. The molecule has 100 valence electrons. The first-order valence-corrected chi connectivity index (χ1v) is 5.77. The number of hydrogen-bond acceptors (Lipinski definition) is 5. The number of pyridine rings is 1. The van der Waals surface area contributed by atoms with Crippen molar-refractivity contribution in [3.8, 4) is 0 Å². The zero-order valence-electron chi connectivity index (χ0n) is 10.5. The summed E-state index contributed by atoms with van der Waals surface area (Å²) in [6.45, 7) is 0.544. The van der Waals surface area contributed by atoms with Crippen LogP contribution < -0.4 is 11.1 Å². The van der Waals surface area contributed by atoms with E-state index < -0.39 is 5.97 Å². The maximum atomic E-state index is 11.1. The Bertz CT molecular complexity index is 594. The van der Waals surface area contributed by atoms with Crippen LogP contribution in [0.4, 0.5) is 11.5 Å². The number of anilines is 2. The maximum Gasteiger partial charge on any atom is 0.339 e. The van der Waals surface area contributed by atoms with Crippen molar-refractivity contribution >= 4 is 17.5 Å². The van der Waals surface area contributed by atoms with Crippen LogP contribution in [0.15, 0.2) is 24.7 Å². The average Bonchev–Trinajstić information content (AvgIpc) is 2.77. The van der Waals surface area contributed by atoms with Crippen LogP contribution in [-0.2, 0) is 13.5 Å². The number of hydrogen-bond donors (Lipinski definition) is 3. The molecule has 0 unspecified atom stereocenters. The van der Waals surface area contributed by atoms with Crippen LogP contribution in [-0.4, -0.2) is 32.2 Å². The van der Waals surface area contributed by atoms with E-state index in [4.69, 9.17) is 10.8 Å². The Hall–Kier alpha value is -2.57. The van der Waals surface area contributed by atoms with Crippen LogP contribution in [0.3, 0.4) is 0 Å². The molecule has 0 bridgehead atoms. The molecule has 0 saturated carbocycles. The Morgan fingerprint density at radius 1 is 1.53 bits per heavy atom. The lowest BCUT2D eigenvalue weighted by Gasteiger charge is -2.09. The molecule has 0 aliphatic carbocycles. The second kappa shape index (κ2) is 5.38. The molecular weight excluding hydrogens is 246 g/mol. The van der Waals surface area contributed by atoms with E-state index in [9.17, 15) is 4.79 Å². The number of nitrogens with one attached hydrogen (secondary N) is 1. The molecule has 0 aliphatic heterocycles. The fourth-order valence-corrected chi connectivity index (χ4v) is 1.71.